The second kappa shape index (κ2) is 4.90. The SMILES string of the molecule is CC(N)(C#N)CCOc1cc(F)cc(F)c1. The van der Waals surface area contributed by atoms with Gasteiger partial charge in [0.05, 0.1) is 12.7 Å². The lowest BCUT2D eigenvalue weighted by Gasteiger charge is -2.15. The fourth-order valence-electron chi connectivity index (χ4n) is 1.05. The molecule has 0 aromatic heterocycles. The molecule has 0 aliphatic carbocycles. The van der Waals surface area contributed by atoms with E-state index in [1.807, 2.05) is 6.07 Å². The van der Waals surface area contributed by atoms with Gasteiger partial charge in [-0.3, -0.25) is 0 Å². The molecule has 0 saturated carbocycles. The van der Waals surface area contributed by atoms with Gasteiger partial charge in [0.1, 0.15) is 22.9 Å². The summed E-state index contributed by atoms with van der Waals surface area (Å²) >= 11 is 0. The number of nitrogens with zero attached hydrogens (tertiary/aromatic N) is 1. The number of benzene rings is 1. The third-order valence-corrected chi connectivity index (χ3v) is 1.98. The van der Waals surface area contributed by atoms with Crippen LogP contribution in [0.4, 0.5) is 8.78 Å². The van der Waals surface area contributed by atoms with Crippen molar-refractivity contribution in [2.75, 3.05) is 6.61 Å². The smallest absolute Gasteiger partial charge is 0.129 e. The molecule has 5 heteroatoms. The van der Waals surface area contributed by atoms with Crippen molar-refractivity contribution >= 4 is 0 Å². The molecule has 16 heavy (non-hydrogen) atoms. The van der Waals surface area contributed by atoms with Gasteiger partial charge < -0.3 is 10.5 Å². The molecule has 3 nitrogen and oxygen atoms in total. The average molecular weight is 226 g/mol. The number of hydrogen-bond donors (Lipinski definition) is 1. The van der Waals surface area contributed by atoms with Crippen molar-refractivity contribution < 1.29 is 13.5 Å². The van der Waals surface area contributed by atoms with Crippen molar-refractivity contribution in [2.45, 2.75) is 18.9 Å². The normalized spacial score (nSPS) is 13.9. The van der Waals surface area contributed by atoms with Crippen LogP contribution in [0.2, 0.25) is 0 Å². The van der Waals surface area contributed by atoms with Gasteiger partial charge in [0, 0.05) is 24.6 Å². The highest BCUT2D eigenvalue weighted by Gasteiger charge is 2.16. The Labute approximate surface area is 92.4 Å². The van der Waals surface area contributed by atoms with E-state index in [0.29, 0.717) is 0 Å². The molecular formula is C11H12F2N2O. The highest BCUT2D eigenvalue weighted by molar-refractivity contribution is 5.23. The Morgan fingerprint density at radius 1 is 1.38 bits per heavy atom. The zero-order chi connectivity index (χ0) is 12.2. The number of nitrogens with two attached hydrogens (primary N) is 1. The van der Waals surface area contributed by atoms with Gasteiger partial charge in [-0.25, -0.2) is 8.78 Å². The molecule has 0 aliphatic rings. The molecule has 0 amide bonds. The number of halogens is 2. The largest absolute Gasteiger partial charge is 0.493 e. The minimum atomic E-state index is -0.994. The molecule has 0 radical (unpaired) electrons. The van der Waals surface area contributed by atoms with E-state index in [1.165, 1.54) is 0 Å². The van der Waals surface area contributed by atoms with E-state index in [1.54, 1.807) is 6.92 Å². The van der Waals surface area contributed by atoms with Crippen molar-refractivity contribution in [1.82, 2.24) is 0 Å². The molecule has 0 heterocycles. The summed E-state index contributed by atoms with van der Waals surface area (Å²) in [5.74, 6) is -1.32. The zero-order valence-corrected chi connectivity index (χ0v) is 8.84. The minimum absolute atomic E-state index is 0.0891. The maximum Gasteiger partial charge on any atom is 0.129 e. The van der Waals surface area contributed by atoms with Crippen LogP contribution in [0.3, 0.4) is 0 Å². The van der Waals surface area contributed by atoms with Gasteiger partial charge in [-0.15, -0.1) is 0 Å². The topological polar surface area (TPSA) is 59.0 Å². The Morgan fingerprint density at radius 2 is 1.94 bits per heavy atom. The van der Waals surface area contributed by atoms with Crippen molar-refractivity contribution in [1.29, 1.82) is 5.26 Å². The molecule has 1 atom stereocenters. The third kappa shape index (κ3) is 3.83. The van der Waals surface area contributed by atoms with E-state index in [9.17, 15) is 8.78 Å². The van der Waals surface area contributed by atoms with E-state index in [0.717, 1.165) is 18.2 Å². The summed E-state index contributed by atoms with van der Waals surface area (Å²) in [7, 11) is 0. The van der Waals surface area contributed by atoms with E-state index >= 15 is 0 Å². The monoisotopic (exact) mass is 226 g/mol. The third-order valence-electron chi connectivity index (χ3n) is 1.98. The molecule has 1 rings (SSSR count). The molecule has 0 bridgehead atoms. The lowest BCUT2D eigenvalue weighted by molar-refractivity contribution is 0.283. The zero-order valence-electron chi connectivity index (χ0n) is 8.84. The van der Waals surface area contributed by atoms with Crippen LogP contribution in [-0.4, -0.2) is 12.1 Å². The molecule has 1 aromatic carbocycles. The fourth-order valence-corrected chi connectivity index (χ4v) is 1.05. The van der Waals surface area contributed by atoms with Gasteiger partial charge >= 0.3 is 0 Å². The van der Waals surface area contributed by atoms with Crippen LogP contribution in [0.1, 0.15) is 13.3 Å². The van der Waals surface area contributed by atoms with Gasteiger partial charge in [0.2, 0.25) is 0 Å². The van der Waals surface area contributed by atoms with Crippen LogP contribution in [0.5, 0.6) is 5.75 Å². The van der Waals surface area contributed by atoms with Crippen LogP contribution in [-0.2, 0) is 0 Å². The molecule has 1 aromatic rings. The average Bonchev–Trinajstić information content (AvgIpc) is 2.16. The standard InChI is InChI=1S/C11H12F2N2O/c1-11(15,7-14)2-3-16-10-5-8(12)4-9(13)6-10/h4-6H,2-3,15H2,1H3. The lowest BCUT2D eigenvalue weighted by atomic mass is 10.0. The van der Waals surface area contributed by atoms with Gasteiger partial charge in [0.25, 0.3) is 0 Å². The Kier molecular flexibility index (Phi) is 3.80. The van der Waals surface area contributed by atoms with Crippen molar-refractivity contribution in [2.24, 2.45) is 5.73 Å². The Balaban J connectivity index is 2.53. The maximum absolute atomic E-state index is 12.8. The number of ether oxygens (including phenoxy) is 1. The molecule has 0 saturated heterocycles. The summed E-state index contributed by atoms with van der Waals surface area (Å²) in [4.78, 5) is 0. The number of rotatable bonds is 4. The first-order valence-corrected chi connectivity index (χ1v) is 4.72. The minimum Gasteiger partial charge on any atom is -0.493 e. The predicted molar refractivity (Wildman–Crippen MR) is 54.7 cm³/mol. The Morgan fingerprint density at radius 3 is 2.44 bits per heavy atom. The summed E-state index contributed by atoms with van der Waals surface area (Å²) in [6, 6.07) is 4.80. The van der Waals surface area contributed by atoms with Gasteiger partial charge in [-0.05, 0) is 6.92 Å². The molecule has 2 N–H and O–H groups in total. The first-order valence-electron chi connectivity index (χ1n) is 4.72. The lowest BCUT2D eigenvalue weighted by Crippen LogP contribution is -2.35. The highest BCUT2D eigenvalue weighted by atomic mass is 19.1. The van der Waals surface area contributed by atoms with Crippen LogP contribution in [0.25, 0.3) is 0 Å². The maximum atomic E-state index is 12.8. The fraction of sp³-hybridized carbons (Fsp3) is 0.364. The highest BCUT2D eigenvalue weighted by Crippen LogP contribution is 2.16. The summed E-state index contributed by atoms with van der Waals surface area (Å²) < 4.78 is 30.6. The van der Waals surface area contributed by atoms with E-state index in [-0.39, 0.29) is 18.8 Å². The first-order chi connectivity index (χ1) is 7.43. The molecule has 0 aliphatic heterocycles. The Bertz CT molecular complexity index is 393. The van der Waals surface area contributed by atoms with Crippen LogP contribution in [0.15, 0.2) is 18.2 Å². The van der Waals surface area contributed by atoms with Gasteiger partial charge in [-0.1, -0.05) is 0 Å². The van der Waals surface area contributed by atoms with Gasteiger partial charge in [0.15, 0.2) is 0 Å². The van der Waals surface area contributed by atoms with E-state index in [2.05, 4.69) is 0 Å². The van der Waals surface area contributed by atoms with E-state index < -0.39 is 17.2 Å². The van der Waals surface area contributed by atoms with Gasteiger partial charge in [-0.2, -0.15) is 5.26 Å². The van der Waals surface area contributed by atoms with Crippen LogP contribution < -0.4 is 10.5 Å². The second-order valence-corrected chi connectivity index (χ2v) is 3.73. The number of hydrogen-bond acceptors (Lipinski definition) is 3. The summed E-state index contributed by atoms with van der Waals surface area (Å²) in [5, 5.41) is 8.63. The molecular weight excluding hydrogens is 214 g/mol. The number of nitriles is 1. The van der Waals surface area contributed by atoms with Crippen LogP contribution in [0, 0.1) is 23.0 Å². The van der Waals surface area contributed by atoms with Crippen molar-refractivity contribution in [3.05, 3.63) is 29.8 Å². The predicted octanol–water partition coefficient (Wildman–Crippen LogP) is 1.97. The molecule has 0 fully saturated rings. The summed E-state index contributed by atoms with van der Waals surface area (Å²) in [6.45, 7) is 1.69. The molecule has 0 spiro atoms. The van der Waals surface area contributed by atoms with Crippen molar-refractivity contribution in [3.63, 3.8) is 0 Å². The second-order valence-electron chi connectivity index (χ2n) is 3.73. The van der Waals surface area contributed by atoms with Crippen LogP contribution >= 0.6 is 0 Å². The van der Waals surface area contributed by atoms with Crippen molar-refractivity contribution in [3.8, 4) is 11.8 Å². The summed E-state index contributed by atoms with van der Waals surface area (Å²) in [6.07, 6.45) is 0.279. The molecule has 86 valence electrons. The van der Waals surface area contributed by atoms with E-state index in [4.69, 9.17) is 15.7 Å². The Hall–Kier alpha value is -1.67. The molecule has 1 unspecified atom stereocenters. The quantitative estimate of drug-likeness (QED) is 0.853. The summed E-state index contributed by atoms with van der Waals surface area (Å²) in [5.41, 5.74) is 4.56. The first kappa shape index (κ1) is 12.4.